The number of anilines is 3. The van der Waals surface area contributed by atoms with Crippen LogP contribution < -0.4 is 19.8 Å². The molecule has 2 N–H and O–H groups in total. The van der Waals surface area contributed by atoms with Gasteiger partial charge in [-0.2, -0.15) is 0 Å². The molecule has 0 bridgehead atoms. The van der Waals surface area contributed by atoms with Crippen LogP contribution in [0.3, 0.4) is 0 Å². The van der Waals surface area contributed by atoms with E-state index in [1.54, 1.807) is 24.3 Å². The van der Waals surface area contributed by atoms with E-state index in [-0.39, 0.29) is 5.56 Å². The van der Waals surface area contributed by atoms with E-state index in [4.69, 9.17) is 4.74 Å². The molecule has 0 atom stereocenters. The minimum absolute atomic E-state index is 0.234. The third kappa shape index (κ3) is 4.41. The number of amides is 1. The third-order valence-corrected chi connectivity index (χ3v) is 4.76. The predicted octanol–water partition coefficient (Wildman–Crippen LogP) is 1.52. The molecule has 0 fully saturated rings. The van der Waals surface area contributed by atoms with Gasteiger partial charge < -0.3 is 10.1 Å². The lowest BCUT2D eigenvalue weighted by Crippen LogP contribution is -2.26. The van der Waals surface area contributed by atoms with Crippen molar-refractivity contribution in [3.05, 3.63) is 42.2 Å². The van der Waals surface area contributed by atoms with Crippen LogP contribution in [0.2, 0.25) is 0 Å². The zero-order valence-electron chi connectivity index (χ0n) is 14.8. The minimum Gasteiger partial charge on any atom is -0.497 e. The number of aromatic nitrogens is 1. The summed E-state index contributed by atoms with van der Waals surface area (Å²) in [7, 11) is 0.739. The van der Waals surface area contributed by atoms with Gasteiger partial charge in [-0.25, -0.2) is 13.9 Å². The van der Waals surface area contributed by atoms with Crippen molar-refractivity contribution < 1.29 is 22.8 Å². The Morgan fingerprint density at radius 1 is 1.19 bits per heavy atom. The first-order chi connectivity index (χ1) is 12.3. The molecule has 0 saturated carbocycles. The van der Waals surface area contributed by atoms with Crippen molar-refractivity contribution in [2.75, 3.05) is 37.1 Å². The van der Waals surface area contributed by atoms with Crippen LogP contribution in [0.4, 0.5) is 17.1 Å². The number of ether oxygens (including phenoxy) is 1. The number of hydrogen-bond acceptors (Lipinski definition) is 7. The van der Waals surface area contributed by atoms with Gasteiger partial charge in [0.1, 0.15) is 5.75 Å². The molecule has 9 nitrogen and oxygen atoms in total. The van der Waals surface area contributed by atoms with Gasteiger partial charge >= 0.3 is 0 Å². The summed E-state index contributed by atoms with van der Waals surface area (Å²) in [5, 5.41) is 3.07. The Hall–Kier alpha value is -2.85. The maximum absolute atomic E-state index is 12.1. The lowest BCUT2D eigenvalue weighted by molar-refractivity contribution is 0.0538. The van der Waals surface area contributed by atoms with Gasteiger partial charge in [0.25, 0.3) is 5.91 Å². The first-order valence-electron chi connectivity index (χ1n) is 7.44. The van der Waals surface area contributed by atoms with Crippen molar-refractivity contribution in [2.45, 2.75) is 0 Å². The number of hydrogen-bond donors (Lipinski definition) is 2. The highest BCUT2D eigenvalue weighted by Gasteiger charge is 2.19. The van der Waals surface area contributed by atoms with Gasteiger partial charge in [-0.05, 0) is 18.2 Å². The number of carbonyl (C=O) groups excluding carboxylic acids is 1. The minimum atomic E-state index is -3.50. The molecular weight excluding hydrogens is 360 g/mol. The van der Waals surface area contributed by atoms with Crippen molar-refractivity contribution in [3.8, 4) is 5.75 Å². The second-order valence-corrected chi connectivity index (χ2v) is 7.31. The zero-order chi connectivity index (χ0) is 19.3. The Kier molecular flexibility index (Phi) is 6.01. The number of carbonyl (C=O) groups is 1. The molecule has 10 heteroatoms. The summed E-state index contributed by atoms with van der Waals surface area (Å²) >= 11 is 0. The summed E-state index contributed by atoms with van der Waals surface area (Å²) in [6.45, 7) is 0. The number of benzene rings is 1. The second-order valence-electron chi connectivity index (χ2n) is 5.30. The molecule has 0 saturated heterocycles. The van der Waals surface area contributed by atoms with Crippen molar-refractivity contribution >= 4 is 33.0 Å². The van der Waals surface area contributed by atoms with Crippen molar-refractivity contribution in [1.82, 2.24) is 10.5 Å². The summed E-state index contributed by atoms with van der Waals surface area (Å²) in [5.74, 6) is 0.00255. The summed E-state index contributed by atoms with van der Waals surface area (Å²) in [6.07, 6.45) is 3.98. The second kappa shape index (κ2) is 8.02. The fraction of sp³-hybridized carbons (Fsp3) is 0.250. The maximum atomic E-state index is 12.1. The Morgan fingerprint density at radius 2 is 1.92 bits per heavy atom. The molecule has 0 unspecified atom stereocenters. The molecule has 2 aromatic rings. The molecule has 1 aromatic carbocycles. The van der Waals surface area contributed by atoms with Crippen LogP contribution in [0.5, 0.6) is 5.75 Å². The highest BCUT2D eigenvalue weighted by Crippen LogP contribution is 2.34. The van der Waals surface area contributed by atoms with Gasteiger partial charge in [-0.1, -0.05) is 0 Å². The summed E-state index contributed by atoms with van der Waals surface area (Å²) in [6, 6.07) is 6.52. The van der Waals surface area contributed by atoms with Crippen LogP contribution in [-0.4, -0.2) is 46.8 Å². The number of hydroxylamine groups is 1. The fourth-order valence-electron chi connectivity index (χ4n) is 2.16. The molecular formula is C16H20N4O5S. The van der Waals surface area contributed by atoms with Crippen LogP contribution in [0.1, 0.15) is 10.4 Å². The van der Waals surface area contributed by atoms with Gasteiger partial charge in [0.05, 0.1) is 43.1 Å². The van der Waals surface area contributed by atoms with Crippen LogP contribution in [0.25, 0.3) is 0 Å². The average Bonchev–Trinajstić information content (AvgIpc) is 2.61. The first kappa shape index (κ1) is 19.5. The van der Waals surface area contributed by atoms with Crippen LogP contribution in [0, 0.1) is 0 Å². The normalized spacial score (nSPS) is 10.9. The number of rotatable bonds is 7. The van der Waals surface area contributed by atoms with E-state index in [9.17, 15) is 13.2 Å². The first-order valence-corrected chi connectivity index (χ1v) is 9.29. The summed E-state index contributed by atoms with van der Waals surface area (Å²) in [5.41, 5.74) is 3.72. The van der Waals surface area contributed by atoms with E-state index in [1.807, 2.05) is 0 Å². The Morgan fingerprint density at radius 3 is 2.54 bits per heavy atom. The van der Waals surface area contributed by atoms with Crippen LogP contribution in [-0.2, 0) is 14.9 Å². The highest BCUT2D eigenvalue weighted by atomic mass is 32.2. The SMILES string of the molecule is CONC(=O)c1cnccc1Nc1ccc(OC)cc1N(C)S(C)(=O)=O. The van der Waals surface area contributed by atoms with E-state index < -0.39 is 15.9 Å². The number of pyridine rings is 1. The molecule has 0 aliphatic rings. The number of sulfonamides is 1. The van der Waals surface area contributed by atoms with Gasteiger partial charge in [-0.3, -0.25) is 18.9 Å². The lowest BCUT2D eigenvalue weighted by atomic mass is 10.2. The fourth-order valence-corrected chi connectivity index (χ4v) is 2.67. The van der Waals surface area contributed by atoms with Crippen molar-refractivity contribution in [1.29, 1.82) is 0 Å². The largest absolute Gasteiger partial charge is 0.497 e. The average molecular weight is 380 g/mol. The molecule has 0 aliphatic carbocycles. The molecule has 140 valence electrons. The Balaban J connectivity index is 2.49. The quantitative estimate of drug-likeness (QED) is 0.701. The molecule has 1 heterocycles. The lowest BCUT2D eigenvalue weighted by Gasteiger charge is -2.22. The molecule has 2 rings (SSSR count). The highest BCUT2D eigenvalue weighted by molar-refractivity contribution is 7.92. The van der Waals surface area contributed by atoms with Gasteiger partial charge in [-0.15, -0.1) is 0 Å². The van der Waals surface area contributed by atoms with Gasteiger partial charge in [0, 0.05) is 25.5 Å². The molecule has 26 heavy (non-hydrogen) atoms. The number of nitrogens with one attached hydrogen (secondary N) is 2. The van der Waals surface area contributed by atoms with Crippen LogP contribution >= 0.6 is 0 Å². The van der Waals surface area contributed by atoms with E-state index >= 15 is 0 Å². The Bertz CT molecular complexity index is 901. The monoisotopic (exact) mass is 380 g/mol. The molecule has 1 amide bonds. The van der Waals surface area contributed by atoms with E-state index in [0.717, 1.165) is 10.6 Å². The number of nitrogens with zero attached hydrogens (tertiary/aromatic N) is 2. The topological polar surface area (TPSA) is 110 Å². The maximum Gasteiger partial charge on any atom is 0.278 e. The standard InChI is InChI=1S/C16H20N4O5S/c1-20(26(4,22)23)15-9-11(24-2)5-6-14(15)18-13-7-8-17-10-12(13)16(21)19-25-3/h5-10H,1-4H3,(H,17,18)(H,19,21). The van der Waals surface area contributed by atoms with Crippen LogP contribution in [0.15, 0.2) is 36.7 Å². The zero-order valence-corrected chi connectivity index (χ0v) is 15.6. The van der Waals surface area contributed by atoms with E-state index in [2.05, 4.69) is 20.6 Å². The molecule has 0 radical (unpaired) electrons. The summed E-state index contributed by atoms with van der Waals surface area (Å²) < 4.78 is 30.2. The Labute approximate surface area is 151 Å². The van der Waals surface area contributed by atoms with Crippen molar-refractivity contribution in [3.63, 3.8) is 0 Å². The summed E-state index contributed by atoms with van der Waals surface area (Å²) in [4.78, 5) is 20.7. The van der Waals surface area contributed by atoms with Crippen molar-refractivity contribution in [2.24, 2.45) is 0 Å². The molecule has 0 aliphatic heterocycles. The van der Waals surface area contributed by atoms with E-state index in [0.29, 0.717) is 22.8 Å². The third-order valence-electron chi connectivity index (χ3n) is 3.57. The smallest absolute Gasteiger partial charge is 0.278 e. The molecule has 1 aromatic heterocycles. The predicted molar refractivity (Wildman–Crippen MR) is 98.2 cm³/mol. The van der Waals surface area contributed by atoms with Gasteiger partial charge in [0.2, 0.25) is 10.0 Å². The van der Waals surface area contributed by atoms with Gasteiger partial charge in [0.15, 0.2) is 0 Å². The molecule has 0 spiro atoms. The number of methoxy groups -OCH3 is 1. The van der Waals surface area contributed by atoms with E-state index in [1.165, 1.54) is 33.7 Å².